The number of rotatable bonds is 0. The van der Waals surface area contributed by atoms with Gasteiger partial charge in [0.05, 0.1) is 6.07 Å². The summed E-state index contributed by atoms with van der Waals surface area (Å²) < 4.78 is 0. The van der Waals surface area contributed by atoms with Gasteiger partial charge in [-0.05, 0) is 40.0 Å². The summed E-state index contributed by atoms with van der Waals surface area (Å²) in [5.74, 6) is 0. The second-order valence-electron chi connectivity index (χ2n) is 5.01. The van der Waals surface area contributed by atoms with Crippen molar-refractivity contribution < 1.29 is 4.79 Å². The molecule has 1 rings (SSSR count). The Morgan fingerprint density at radius 3 is 2.67 bits per heavy atom. The highest BCUT2D eigenvalue weighted by atomic mass is 16.2. The van der Waals surface area contributed by atoms with E-state index >= 15 is 0 Å². The lowest BCUT2D eigenvalue weighted by Crippen LogP contribution is -2.53. The normalized spacial score (nSPS) is 22.0. The predicted octanol–water partition coefficient (Wildman–Crippen LogP) is 1.87. The van der Waals surface area contributed by atoms with Crippen molar-refractivity contribution in [2.75, 3.05) is 6.54 Å². The van der Waals surface area contributed by atoms with Crippen LogP contribution in [0, 0.1) is 11.3 Å². The number of hydrogen-bond acceptors (Lipinski definition) is 2. The van der Waals surface area contributed by atoms with Crippen molar-refractivity contribution >= 4 is 6.03 Å². The number of nitriles is 1. The van der Waals surface area contributed by atoms with E-state index in [4.69, 9.17) is 5.26 Å². The van der Waals surface area contributed by atoms with Gasteiger partial charge in [-0.25, -0.2) is 4.79 Å². The Hall–Kier alpha value is -1.24. The number of likely N-dealkylation sites (tertiary alicyclic amines) is 1. The van der Waals surface area contributed by atoms with Gasteiger partial charge in [0.25, 0.3) is 0 Å². The molecule has 0 aromatic carbocycles. The van der Waals surface area contributed by atoms with E-state index in [0.717, 1.165) is 19.3 Å². The molecule has 0 saturated carbocycles. The van der Waals surface area contributed by atoms with Crippen LogP contribution < -0.4 is 5.32 Å². The number of nitrogens with zero attached hydrogens (tertiary/aromatic N) is 2. The summed E-state index contributed by atoms with van der Waals surface area (Å²) in [4.78, 5) is 13.5. The Bertz CT molecular complexity index is 275. The van der Waals surface area contributed by atoms with Crippen molar-refractivity contribution in [3.05, 3.63) is 0 Å². The summed E-state index contributed by atoms with van der Waals surface area (Å²) in [6.07, 6.45) is 2.83. The van der Waals surface area contributed by atoms with Gasteiger partial charge in [-0.3, -0.25) is 0 Å². The lowest BCUT2D eigenvalue weighted by molar-refractivity contribution is 0.161. The molecule has 15 heavy (non-hydrogen) atoms. The van der Waals surface area contributed by atoms with E-state index in [2.05, 4.69) is 11.4 Å². The lowest BCUT2D eigenvalue weighted by Gasteiger charge is -2.34. The van der Waals surface area contributed by atoms with E-state index in [-0.39, 0.29) is 17.6 Å². The summed E-state index contributed by atoms with van der Waals surface area (Å²) in [6, 6.07) is 1.82. The fraction of sp³-hybridized carbons (Fsp3) is 0.818. The Morgan fingerprint density at radius 2 is 2.13 bits per heavy atom. The third-order valence-electron chi connectivity index (χ3n) is 2.39. The number of hydrogen-bond donors (Lipinski definition) is 1. The van der Waals surface area contributed by atoms with Crippen LogP contribution in [0.25, 0.3) is 0 Å². The second-order valence-corrected chi connectivity index (χ2v) is 5.01. The first-order valence-corrected chi connectivity index (χ1v) is 5.42. The van der Waals surface area contributed by atoms with Crippen LogP contribution in [0.3, 0.4) is 0 Å². The molecule has 0 bridgehead atoms. The summed E-state index contributed by atoms with van der Waals surface area (Å²) in [7, 11) is 0. The standard InChI is InChI=1S/C11H19N3O/c1-11(2,3)13-10(15)14-7-5-4-6-9(14)8-12/h9H,4-7H2,1-3H3,(H,13,15). The molecule has 0 radical (unpaired) electrons. The van der Waals surface area contributed by atoms with Crippen LogP contribution in [-0.4, -0.2) is 29.1 Å². The smallest absolute Gasteiger partial charge is 0.318 e. The molecule has 1 aliphatic rings. The first kappa shape index (κ1) is 11.8. The van der Waals surface area contributed by atoms with Crippen molar-refractivity contribution in [3.63, 3.8) is 0 Å². The van der Waals surface area contributed by atoms with E-state index in [1.54, 1.807) is 4.90 Å². The third kappa shape index (κ3) is 3.43. The number of urea groups is 1. The number of carbonyl (C=O) groups is 1. The average Bonchev–Trinajstić information content (AvgIpc) is 2.15. The van der Waals surface area contributed by atoms with E-state index in [9.17, 15) is 4.79 Å². The highest BCUT2D eigenvalue weighted by Crippen LogP contribution is 2.17. The topological polar surface area (TPSA) is 56.1 Å². The molecule has 1 atom stereocenters. The summed E-state index contributed by atoms with van der Waals surface area (Å²) in [5.41, 5.74) is -0.242. The fourth-order valence-electron chi connectivity index (χ4n) is 1.70. The first-order chi connectivity index (χ1) is 6.94. The molecular weight excluding hydrogens is 190 g/mol. The zero-order valence-corrected chi connectivity index (χ0v) is 9.71. The van der Waals surface area contributed by atoms with Gasteiger partial charge >= 0.3 is 6.03 Å². The van der Waals surface area contributed by atoms with Crippen LogP contribution in [-0.2, 0) is 0 Å². The van der Waals surface area contributed by atoms with Gasteiger partial charge in [-0.15, -0.1) is 0 Å². The maximum atomic E-state index is 11.8. The molecule has 1 heterocycles. The lowest BCUT2D eigenvalue weighted by atomic mass is 10.0. The van der Waals surface area contributed by atoms with Crippen molar-refractivity contribution in [1.29, 1.82) is 5.26 Å². The van der Waals surface area contributed by atoms with Crippen LogP contribution in [0.15, 0.2) is 0 Å². The fourth-order valence-corrected chi connectivity index (χ4v) is 1.70. The zero-order chi connectivity index (χ0) is 11.5. The highest BCUT2D eigenvalue weighted by Gasteiger charge is 2.28. The van der Waals surface area contributed by atoms with Crippen molar-refractivity contribution in [2.24, 2.45) is 0 Å². The quantitative estimate of drug-likeness (QED) is 0.662. The Kier molecular flexibility index (Phi) is 3.57. The van der Waals surface area contributed by atoms with E-state index in [0.29, 0.717) is 6.54 Å². The number of amides is 2. The zero-order valence-electron chi connectivity index (χ0n) is 9.71. The minimum Gasteiger partial charge on any atom is -0.333 e. The molecule has 0 spiro atoms. The molecule has 1 unspecified atom stereocenters. The molecule has 0 aromatic rings. The molecular formula is C11H19N3O. The SMILES string of the molecule is CC(C)(C)NC(=O)N1CCCCC1C#N. The van der Waals surface area contributed by atoms with E-state index < -0.39 is 0 Å². The minimum atomic E-state index is -0.249. The predicted molar refractivity (Wildman–Crippen MR) is 58.2 cm³/mol. The van der Waals surface area contributed by atoms with Gasteiger partial charge in [-0.1, -0.05) is 0 Å². The van der Waals surface area contributed by atoms with Crippen molar-refractivity contribution in [2.45, 2.75) is 51.6 Å². The summed E-state index contributed by atoms with van der Waals surface area (Å²) in [5, 5.41) is 11.8. The molecule has 1 saturated heterocycles. The molecule has 4 heteroatoms. The van der Waals surface area contributed by atoms with Crippen molar-refractivity contribution in [1.82, 2.24) is 10.2 Å². The molecule has 0 aliphatic carbocycles. The molecule has 0 aromatic heterocycles. The molecule has 2 amide bonds. The van der Waals surface area contributed by atoms with Gasteiger partial charge in [0.15, 0.2) is 0 Å². The van der Waals surface area contributed by atoms with Gasteiger partial charge < -0.3 is 10.2 Å². The van der Waals surface area contributed by atoms with Crippen LogP contribution in [0.1, 0.15) is 40.0 Å². The van der Waals surface area contributed by atoms with Crippen molar-refractivity contribution in [3.8, 4) is 6.07 Å². The number of carbonyl (C=O) groups excluding carboxylic acids is 1. The minimum absolute atomic E-state index is 0.117. The number of nitrogens with one attached hydrogen (secondary N) is 1. The summed E-state index contributed by atoms with van der Waals surface area (Å²) >= 11 is 0. The van der Waals surface area contributed by atoms with Gasteiger partial charge in [0.1, 0.15) is 6.04 Å². The molecule has 1 fully saturated rings. The largest absolute Gasteiger partial charge is 0.333 e. The van der Waals surface area contributed by atoms with Crippen LogP contribution in [0.5, 0.6) is 0 Å². The maximum Gasteiger partial charge on any atom is 0.318 e. The average molecular weight is 209 g/mol. The molecule has 1 aliphatic heterocycles. The Labute approximate surface area is 91.2 Å². The first-order valence-electron chi connectivity index (χ1n) is 5.42. The second kappa shape index (κ2) is 4.52. The van der Waals surface area contributed by atoms with Crippen LogP contribution >= 0.6 is 0 Å². The Balaban J connectivity index is 2.61. The summed E-state index contributed by atoms with van der Waals surface area (Å²) in [6.45, 7) is 6.52. The van der Waals surface area contributed by atoms with Gasteiger partial charge in [-0.2, -0.15) is 5.26 Å². The molecule has 1 N–H and O–H groups in total. The van der Waals surface area contributed by atoms with Gasteiger partial charge in [0, 0.05) is 12.1 Å². The monoisotopic (exact) mass is 209 g/mol. The number of piperidine rings is 1. The van der Waals surface area contributed by atoms with Crippen LogP contribution in [0.2, 0.25) is 0 Å². The van der Waals surface area contributed by atoms with E-state index in [1.165, 1.54) is 0 Å². The highest BCUT2D eigenvalue weighted by molar-refractivity contribution is 5.75. The Morgan fingerprint density at radius 1 is 1.47 bits per heavy atom. The van der Waals surface area contributed by atoms with E-state index in [1.807, 2.05) is 20.8 Å². The van der Waals surface area contributed by atoms with Crippen LogP contribution in [0.4, 0.5) is 4.79 Å². The maximum absolute atomic E-state index is 11.8. The molecule has 84 valence electrons. The third-order valence-corrected chi connectivity index (χ3v) is 2.39. The van der Waals surface area contributed by atoms with Gasteiger partial charge in [0.2, 0.25) is 0 Å². The molecule has 4 nitrogen and oxygen atoms in total.